The van der Waals surface area contributed by atoms with Crippen molar-refractivity contribution in [2.45, 2.75) is 13.1 Å². The smallest absolute Gasteiger partial charge is 0.399 e. The van der Waals surface area contributed by atoms with Gasteiger partial charge in [0.1, 0.15) is 0 Å². The Morgan fingerprint density at radius 2 is 1.69 bits per heavy atom. The van der Waals surface area contributed by atoms with Gasteiger partial charge in [-0.25, -0.2) is 0 Å². The molecule has 0 aliphatic heterocycles. The van der Waals surface area contributed by atoms with E-state index in [0.29, 0.717) is 5.56 Å². The van der Waals surface area contributed by atoms with Gasteiger partial charge in [0.25, 0.3) is 0 Å². The van der Waals surface area contributed by atoms with E-state index in [1.54, 1.807) is 6.92 Å². The molecule has 0 fully saturated rings. The highest BCUT2D eigenvalue weighted by atomic mass is 35.5. The predicted molar refractivity (Wildman–Crippen MR) is 47.8 cm³/mol. The van der Waals surface area contributed by atoms with Gasteiger partial charge in [0.05, 0.1) is 5.56 Å². The fourth-order valence-corrected chi connectivity index (χ4v) is 0.976. The second kappa shape index (κ2) is 3.87. The fourth-order valence-electron chi connectivity index (χ4n) is 0.976. The van der Waals surface area contributed by atoms with Gasteiger partial charge >= 0.3 is 6.18 Å². The summed E-state index contributed by atoms with van der Waals surface area (Å²) in [5.41, 5.74) is 5.22. The van der Waals surface area contributed by atoms with Crippen LogP contribution in [-0.2, 0) is 6.18 Å². The zero-order valence-corrected chi connectivity index (χ0v) is 7.67. The van der Waals surface area contributed by atoms with E-state index >= 15 is 0 Å². The van der Waals surface area contributed by atoms with Gasteiger partial charge in [-0.3, -0.25) is 0 Å². The number of hydrogen-bond donors (Lipinski definition) is 1. The van der Waals surface area contributed by atoms with Gasteiger partial charge in [-0.1, -0.05) is 0 Å². The number of nitrogen functional groups attached to an aromatic ring is 1. The minimum atomic E-state index is -4.31. The van der Waals surface area contributed by atoms with Crippen LogP contribution in [-0.4, -0.2) is 0 Å². The first-order chi connectivity index (χ1) is 5.39. The molecule has 0 bridgehead atoms. The fraction of sp³-hybridized carbons (Fsp3) is 0.250. The van der Waals surface area contributed by atoms with Gasteiger partial charge < -0.3 is 5.73 Å². The monoisotopic (exact) mass is 211 g/mol. The van der Waals surface area contributed by atoms with Crippen molar-refractivity contribution in [1.82, 2.24) is 0 Å². The third-order valence-electron chi connectivity index (χ3n) is 1.43. The van der Waals surface area contributed by atoms with Crippen molar-refractivity contribution in [1.29, 1.82) is 0 Å². The number of rotatable bonds is 0. The zero-order valence-electron chi connectivity index (χ0n) is 6.85. The molecule has 0 atom stereocenters. The molecule has 0 saturated heterocycles. The van der Waals surface area contributed by atoms with E-state index in [1.165, 1.54) is 6.07 Å². The van der Waals surface area contributed by atoms with Crippen molar-refractivity contribution < 1.29 is 13.2 Å². The molecule has 1 rings (SSSR count). The predicted octanol–water partition coefficient (Wildman–Crippen LogP) is 3.02. The molecule has 0 aliphatic rings. The highest BCUT2D eigenvalue weighted by molar-refractivity contribution is 5.85. The minimum absolute atomic E-state index is 0. The molecule has 0 spiro atoms. The Morgan fingerprint density at radius 3 is 2.08 bits per heavy atom. The molecule has 1 aromatic carbocycles. The first-order valence-electron chi connectivity index (χ1n) is 3.34. The average molecular weight is 212 g/mol. The molecule has 5 heteroatoms. The van der Waals surface area contributed by atoms with Crippen LogP contribution in [0, 0.1) is 6.92 Å². The Hall–Kier alpha value is -0.900. The largest absolute Gasteiger partial charge is 0.416 e. The molecule has 0 saturated carbocycles. The summed E-state index contributed by atoms with van der Waals surface area (Å²) in [6.07, 6.45) is -4.31. The molecule has 74 valence electrons. The van der Waals surface area contributed by atoms with Gasteiger partial charge in [-0.05, 0) is 30.7 Å². The van der Waals surface area contributed by atoms with E-state index in [-0.39, 0.29) is 18.1 Å². The van der Waals surface area contributed by atoms with Crippen molar-refractivity contribution >= 4 is 18.1 Å². The highest BCUT2D eigenvalue weighted by Gasteiger charge is 2.30. The summed E-state index contributed by atoms with van der Waals surface area (Å²) in [6, 6.07) is 3.48. The number of halogens is 4. The second-order valence-corrected chi connectivity index (χ2v) is 2.63. The molecule has 1 nitrogen and oxygen atoms in total. The quantitative estimate of drug-likeness (QED) is 0.656. The van der Waals surface area contributed by atoms with Crippen molar-refractivity contribution in [3.05, 3.63) is 29.3 Å². The topological polar surface area (TPSA) is 26.0 Å². The third kappa shape index (κ3) is 3.14. The van der Waals surface area contributed by atoms with Crippen LogP contribution in [0.1, 0.15) is 11.1 Å². The Labute approximate surface area is 80.2 Å². The van der Waals surface area contributed by atoms with Crippen LogP contribution in [0.4, 0.5) is 18.9 Å². The number of anilines is 1. The molecule has 0 radical (unpaired) electrons. The molecule has 1 aromatic rings. The van der Waals surface area contributed by atoms with Crippen molar-refractivity contribution in [3.8, 4) is 0 Å². The second-order valence-electron chi connectivity index (χ2n) is 2.63. The van der Waals surface area contributed by atoms with Crippen LogP contribution in [0.2, 0.25) is 0 Å². The minimum Gasteiger partial charge on any atom is -0.399 e. The van der Waals surface area contributed by atoms with Crippen LogP contribution in [0.5, 0.6) is 0 Å². The maximum Gasteiger partial charge on any atom is 0.416 e. The maximum absolute atomic E-state index is 12.1. The summed E-state index contributed by atoms with van der Waals surface area (Å²) < 4.78 is 36.3. The number of alkyl halides is 3. The first kappa shape index (κ1) is 12.1. The Balaban J connectivity index is 0.00000144. The van der Waals surface area contributed by atoms with Crippen LogP contribution in [0.3, 0.4) is 0 Å². The van der Waals surface area contributed by atoms with Crippen LogP contribution in [0.25, 0.3) is 0 Å². The summed E-state index contributed by atoms with van der Waals surface area (Å²) in [6.45, 7) is 1.58. The van der Waals surface area contributed by atoms with Gasteiger partial charge in [-0.2, -0.15) is 13.2 Å². The number of nitrogens with two attached hydrogens (primary N) is 1. The number of hydrogen-bond acceptors (Lipinski definition) is 1. The summed E-state index contributed by atoms with van der Waals surface area (Å²) in [5, 5.41) is 0. The van der Waals surface area contributed by atoms with Gasteiger partial charge in [0, 0.05) is 5.69 Å². The number of aryl methyl sites for hydroxylation is 1. The maximum atomic E-state index is 12.1. The average Bonchev–Trinajstić information content (AvgIpc) is 1.82. The lowest BCUT2D eigenvalue weighted by molar-refractivity contribution is -0.137. The normalized spacial score (nSPS) is 10.8. The van der Waals surface area contributed by atoms with Crippen molar-refractivity contribution in [2.24, 2.45) is 0 Å². The number of benzene rings is 1. The zero-order chi connectivity index (χ0) is 9.35. The Morgan fingerprint density at radius 1 is 1.15 bits per heavy atom. The molecule has 0 aliphatic carbocycles. The molecule has 13 heavy (non-hydrogen) atoms. The molecular weight excluding hydrogens is 203 g/mol. The summed E-state index contributed by atoms with van der Waals surface area (Å²) in [5.74, 6) is 0. The van der Waals surface area contributed by atoms with Crippen LogP contribution < -0.4 is 5.73 Å². The van der Waals surface area contributed by atoms with E-state index in [2.05, 4.69) is 0 Å². The first-order valence-corrected chi connectivity index (χ1v) is 3.34. The summed E-state index contributed by atoms with van der Waals surface area (Å²) >= 11 is 0. The highest BCUT2D eigenvalue weighted by Crippen LogP contribution is 2.30. The van der Waals surface area contributed by atoms with E-state index < -0.39 is 11.7 Å². The van der Waals surface area contributed by atoms with Crippen molar-refractivity contribution in [2.75, 3.05) is 5.73 Å². The third-order valence-corrected chi connectivity index (χ3v) is 1.43. The molecule has 0 amide bonds. The standard InChI is InChI=1S/C8H8F3N.ClH/c1-5-2-6(8(9,10)11)4-7(12)3-5;/h2-4H,12H2,1H3;1H. The van der Waals surface area contributed by atoms with E-state index in [9.17, 15) is 13.2 Å². The Kier molecular flexibility index (Phi) is 3.60. The summed E-state index contributed by atoms with van der Waals surface area (Å²) in [7, 11) is 0. The molecule has 0 unspecified atom stereocenters. The lowest BCUT2D eigenvalue weighted by atomic mass is 10.1. The van der Waals surface area contributed by atoms with Crippen LogP contribution >= 0.6 is 12.4 Å². The van der Waals surface area contributed by atoms with Crippen molar-refractivity contribution in [3.63, 3.8) is 0 Å². The molecular formula is C8H9ClF3N. The van der Waals surface area contributed by atoms with Gasteiger partial charge in [-0.15, -0.1) is 12.4 Å². The van der Waals surface area contributed by atoms with Crippen LogP contribution in [0.15, 0.2) is 18.2 Å². The lowest BCUT2D eigenvalue weighted by Gasteiger charge is -2.07. The van der Waals surface area contributed by atoms with Gasteiger partial charge in [0.15, 0.2) is 0 Å². The molecule has 0 aromatic heterocycles. The van der Waals surface area contributed by atoms with E-state index in [0.717, 1.165) is 12.1 Å². The SMILES string of the molecule is Cc1cc(N)cc(C(F)(F)F)c1.Cl. The lowest BCUT2D eigenvalue weighted by Crippen LogP contribution is -2.05. The summed E-state index contributed by atoms with van der Waals surface area (Å²) in [4.78, 5) is 0. The Bertz CT molecular complexity index is 276. The van der Waals surface area contributed by atoms with Gasteiger partial charge in [0.2, 0.25) is 0 Å². The molecule has 0 heterocycles. The van der Waals surface area contributed by atoms with E-state index in [1.807, 2.05) is 0 Å². The molecule has 2 N–H and O–H groups in total. The van der Waals surface area contributed by atoms with E-state index in [4.69, 9.17) is 5.73 Å².